The Morgan fingerprint density at radius 2 is 1.95 bits per heavy atom. The number of hydrogen-bond acceptors (Lipinski definition) is 4. The van der Waals surface area contributed by atoms with Crippen molar-refractivity contribution in [3.05, 3.63) is 11.7 Å². The molecule has 0 atom stereocenters. The van der Waals surface area contributed by atoms with Crippen molar-refractivity contribution in [2.75, 3.05) is 0 Å². The van der Waals surface area contributed by atoms with Crippen LogP contribution in [0.1, 0.15) is 70.0 Å². The molecular formula is C15H25N3O. The van der Waals surface area contributed by atoms with E-state index >= 15 is 0 Å². The summed E-state index contributed by atoms with van der Waals surface area (Å²) in [6.45, 7) is 2.26. The van der Waals surface area contributed by atoms with Crippen LogP contribution in [-0.2, 0) is 12.0 Å². The fourth-order valence-corrected chi connectivity index (χ4v) is 3.31. The molecule has 106 valence electrons. The van der Waals surface area contributed by atoms with Crippen molar-refractivity contribution in [2.24, 2.45) is 17.6 Å². The molecule has 4 heteroatoms. The van der Waals surface area contributed by atoms with Crippen molar-refractivity contribution >= 4 is 0 Å². The molecule has 0 amide bonds. The monoisotopic (exact) mass is 263 g/mol. The van der Waals surface area contributed by atoms with Crippen LogP contribution in [0, 0.1) is 11.8 Å². The minimum atomic E-state index is -0.340. The highest BCUT2D eigenvalue weighted by molar-refractivity contribution is 5.06. The molecule has 1 aromatic rings. The minimum Gasteiger partial charge on any atom is -0.339 e. The fraction of sp³-hybridized carbons (Fsp3) is 0.867. The Balaban J connectivity index is 1.64. The van der Waals surface area contributed by atoms with Gasteiger partial charge in [-0.2, -0.15) is 4.98 Å². The first-order chi connectivity index (χ1) is 9.19. The summed E-state index contributed by atoms with van der Waals surface area (Å²) >= 11 is 0. The summed E-state index contributed by atoms with van der Waals surface area (Å²) in [5, 5.41) is 4.16. The summed E-state index contributed by atoms with van der Waals surface area (Å²) in [5.41, 5.74) is 6.16. The zero-order valence-corrected chi connectivity index (χ0v) is 11.9. The zero-order chi connectivity index (χ0) is 13.3. The van der Waals surface area contributed by atoms with Gasteiger partial charge in [0.05, 0.1) is 5.54 Å². The van der Waals surface area contributed by atoms with E-state index in [9.17, 15) is 0 Å². The molecular weight excluding hydrogens is 238 g/mol. The molecule has 2 fully saturated rings. The lowest BCUT2D eigenvalue weighted by molar-refractivity contribution is 0.215. The standard InChI is InChI=1S/C15H25N3O/c1-2-11-6-8-15(16,9-7-11)14-17-13(19-18-14)10-12-4-3-5-12/h11-12H,2-10,16H2,1H3. The third kappa shape index (κ3) is 2.69. The van der Waals surface area contributed by atoms with Gasteiger partial charge in [0, 0.05) is 6.42 Å². The molecule has 2 aliphatic rings. The van der Waals surface area contributed by atoms with E-state index in [0.29, 0.717) is 0 Å². The van der Waals surface area contributed by atoms with Gasteiger partial charge in [-0.05, 0) is 50.4 Å². The van der Waals surface area contributed by atoms with Crippen molar-refractivity contribution in [1.29, 1.82) is 0 Å². The van der Waals surface area contributed by atoms with Gasteiger partial charge < -0.3 is 10.3 Å². The van der Waals surface area contributed by atoms with Crippen LogP contribution in [0.15, 0.2) is 4.52 Å². The lowest BCUT2D eigenvalue weighted by Crippen LogP contribution is -2.41. The van der Waals surface area contributed by atoms with Crippen LogP contribution in [0.5, 0.6) is 0 Å². The van der Waals surface area contributed by atoms with E-state index in [2.05, 4.69) is 17.1 Å². The van der Waals surface area contributed by atoms with Gasteiger partial charge in [0.25, 0.3) is 0 Å². The second-order valence-corrected chi connectivity index (χ2v) is 6.52. The number of nitrogens with zero attached hydrogens (tertiary/aromatic N) is 2. The lowest BCUT2D eigenvalue weighted by atomic mass is 9.76. The first-order valence-corrected chi connectivity index (χ1v) is 7.81. The molecule has 2 saturated carbocycles. The van der Waals surface area contributed by atoms with E-state index in [4.69, 9.17) is 10.3 Å². The highest BCUT2D eigenvalue weighted by atomic mass is 16.5. The second kappa shape index (κ2) is 5.23. The van der Waals surface area contributed by atoms with Gasteiger partial charge in [0.1, 0.15) is 0 Å². The first kappa shape index (κ1) is 13.1. The second-order valence-electron chi connectivity index (χ2n) is 6.52. The molecule has 0 aromatic carbocycles. The molecule has 0 radical (unpaired) electrons. The van der Waals surface area contributed by atoms with Gasteiger partial charge in [-0.1, -0.05) is 24.9 Å². The molecule has 2 N–H and O–H groups in total. The largest absolute Gasteiger partial charge is 0.339 e. The molecule has 0 spiro atoms. The summed E-state index contributed by atoms with van der Waals surface area (Å²) in [6, 6.07) is 0. The smallest absolute Gasteiger partial charge is 0.226 e. The predicted molar refractivity (Wildman–Crippen MR) is 73.5 cm³/mol. The summed E-state index contributed by atoms with van der Waals surface area (Å²) in [6.07, 6.45) is 10.6. The van der Waals surface area contributed by atoms with E-state index in [1.165, 1.54) is 38.5 Å². The minimum absolute atomic E-state index is 0.340. The van der Waals surface area contributed by atoms with Crippen LogP contribution in [0.3, 0.4) is 0 Å². The van der Waals surface area contributed by atoms with Gasteiger partial charge in [-0.25, -0.2) is 0 Å². The Hall–Kier alpha value is -0.900. The Morgan fingerprint density at radius 1 is 1.21 bits per heavy atom. The third-order valence-electron chi connectivity index (χ3n) is 5.18. The molecule has 0 bridgehead atoms. The lowest BCUT2D eigenvalue weighted by Gasteiger charge is -2.34. The summed E-state index contributed by atoms with van der Waals surface area (Å²) in [7, 11) is 0. The third-order valence-corrected chi connectivity index (χ3v) is 5.18. The molecule has 1 heterocycles. The maximum Gasteiger partial charge on any atom is 0.226 e. The average molecular weight is 263 g/mol. The van der Waals surface area contributed by atoms with Crippen LogP contribution in [0.2, 0.25) is 0 Å². The quantitative estimate of drug-likeness (QED) is 0.906. The maximum atomic E-state index is 6.50. The molecule has 1 aromatic heterocycles. The van der Waals surface area contributed by atoms with E-state index in [1.807, 2.05) is 0 Å². The number of aromatic nitrogens is 2. The molecule has 0 saturated heterocycles. The average Bonchev–Trinajstić information content (AvgIpc) is 2.84. The van der Waals surface area contributed by atoms with Gasteiger partial charge >= 0.3 is 0 Å². The Bertz CT molecular complexity index is 417. The van der Waals surface area contributed by atoms with Gasteiger partial charge in [0.15, 0.2) is 5.82 Å². The molecule has 2 aliphatic carbocycles. The molecule has 3 rings (SSSR count). The van der Waals surface area contributed by atoms with Crippen molar-refractivity contribution in [1.82, 2.24) is 10.1 Å². The van der Waals surface area contributed by atoms with Crippen LogP contribution in [-0.4, -0.2) is 10.1 Å². The van der Waals surface area contributed by atoms with Crippen LogP contribution < -0.4 is 5.73 Å². The van der Waals surface area contributed by atoms with E-state index in [0.717, 1.165) is 42.8 Å². The van der Waals surface area contributed by atoms with Crippen molar-refractivity contribution in [3.8, 4) is 0 Å². The Morgan fingerprint density at radius 3 is 2.53 bits per heavy atom. The van der Waals surface area contributed by atoms with Crippen molar-refractivity contribution in [2.45, 2.75) is 70.3 Å². The van der Waals surface area contributed by atoms with Crippen molar-refractivity contribution in [3.63, 3.8) is 0 Å². The number of hydrogen-bond donors (Lipinski definition) is 1. The molecule has 4 nitrogen and oxygen atoms in total. The van der Waals surface area contributed by atoms with Gasteiger partial charge in [-0.3, -0.25) is 0 Å². The maximum absolute atomic E-state index is 6.50. The molecule has 19 heavy (non-hydrogen) atoms. The molecule has 0 unspecified atom stereocenters. The SMILES string of the molecule is CCC1CCC(N)(c2noc(CC3CCC3)n2)CC1. The van der Waals surface area contributed by atoms with Gasteiger partial charge in [0.2, 0.25) is 5.89 Å². The number of rotatable bonds is 4. The van der Waals surface area contributed by atoms with E-state index in [1.54, 1.807) is 0 Å². The van der Waals surface area contributed by atoms with E-state index < -0.39 is 0 Å². The molecule has 0 aliphatic heterocycles. The van der Waals surface area contributed by atoms with E-state index in [-0.39, 0.29) is 5.54 Å². The Labute approximate surface area is 115 Å². The van der Waals surface area contributed by atoms with Crippen LogP contribution in [0.25, 0.3) is 0 Å². The first-order valence-electron chi connectivity index (χ1n) is 7.81. The van der Waals surface area contributed by atoms with Crippen LogP contribution >= 0.6 is 0 Å². The Kier molecular flexibility index (Phi) is 3.61. The highest BCUT2D eigenvalue weighted by Crippen LogP contribution is 2.37. The normalized spacial score (nSPS) is 32.2. The summed E-state index contributed by atoms with van der Waals surface area (Å²) in [4.78, 5) is 4.58. The number of nitrogens with two attached hydrogens (primary N) is 1. The zero-order valence-electron chi connectivity index (χ0n) is 11.9. The summed E-state index contributed by atoms with van der Waals surface area (Å²) in [5.74, 6) is 3.13. The van der Waals surface area contributed by atoms with Crippen molar-refractivity contribution < 1.29 is 4.52 Å². The topological polar surface area (TPSA) is 64.9 Å². The fourth-order valence-electron chi connectivity index (χ4n) is 3.31. The summed E-state index contributed by atoms with van der Waals surface area (Å²) < 4.78 is 5.40. The highest BCUT2D eigenvalue weighted by Gasteiger charge is 2.37. The predicted octanol–water partition coefficient (Wildman–Crippen LogP) is 3.17. The van der Waals surface area contributed by atoms with Gasteiger partial charge in [-0.15, -0.1) is 0 Å². The van der Waals surface area contributed by atoms with Crippen LogP contribution in [0.4, 0.5) is 0 Å².